The Morgan fingerprint density at radius 2 is 1.59 bits per heavy atom. The molecule has 94 valence electrons. The molecule has 0 aromatic heterocycles. The Morgan fingerprint density at radius 1 is 1.06 bits per heavy atom. The monoisotopic (exact) mass is 244 g/mol. The van der Waals surface area contributed by atoms with Crippen molar-refractivity contribution in [2.45, 2.75) is 11.6 Å². The largest absolute Gasteiger partial charge is 0.358 e. The summed E-state index contributed by atoms with van der Waals surface area (Å²) in [4.78, 5) is 36.9. The second-order valence-corrected chi connectivity index (χ2v) is 4.04. The number of carbonyl (C=O) groups excluding carboxylic acids is 3. The number of hydrogen-bond donors (Lipinski definition) is 3. The third-order valence-electron chi connectivity index (χ3n) is 3.22. The molecule has 3 N–H and O–H groups in total. The molecule has 0 radical (unpaired) electrons. The van der Waals surface area contributed by atoms with Crippen LogP contribution in [0.5, 0.6) is 0 Å². The fourth-order valence-corrected chi connectivity index (χ4v) is 2.00. The molecule has 2 unspecified atom stereocenters. The number of urea groups is 2. The number of carbonyl (C=O) groups is 3. The van der Waals surface area contributed by atoms with Gasteiger partial charge in [-0.25, -0.2) is 9.59 Å². The van der Waals surface area contributed by atoms with Crippen LogP contribution in [0.2, 0.25) is 0 Å². The highest BCUT2D eigenvalue weighted by molar-refractivity contribution is 6.05. The molecule has 0 spiro atoms. The smallest absolute Gasteiger partial charge is 0.330 e. The molecule has 5 amide bonds. The average Bonchev–Trinajstić information content (AvgIpc) is 2.47. The van der Waals surface area contributed by atoms with Crippen LogP contribution in [0.3, 0.4) is 0 Å². The number of nitrogens with one attached hydrogen (secondary N) is 1. The van der Waals surface area contributed by atoms with E-state index >= 15 is 0 Å². The van der Waals surface area contributed by atoms with Crippen molar-refractivity contribution in [1.82, 2.24) is 20.0 Å². The number of fused-ring (bicyclic) bond motifs is 1. The second-order valence-electron chi connectivity index (χ2n) is 4.04. The summed E-state index contributed by atoms with van der Waals surface area (Å²) < 4.78 is 0. The van der Waals surface area contributed by atoms with Crippen LogP contribution >= 0.6 is 0 Å². The molecule has 2 saturated heterocycles. The van der Waals surface area contributed by atoms with Crippen molar-refractivity contribution in [2.75, 3.05) is 21.1 Å². The van der Waals surface area contributed by atoms with E-state index in [9.17, 15) is 24.6 Å². The summed E-state index contributed by atoms with van der Waals surface area (Å²) in [6.45, 7) is 0. The maximum absolute atomic E-state index is 11.9. The summed E-state index contributed by atoms with van der Waals surface area (Å²) in [5, 5.41) is 22.4. The number of nitrogens with zero attached hydrogens (tertiary/aromatic N) is 3. The van der Waals surface area contributed by atoms with Gasteiger partial charge in [-0.3, -0.25) is 24.8 Å². The summed E-state index contributed by atoms with van der Waals surface area (Å²) in [7, 11) is 3.45. The molecule has 9 heteroatoms. The van der Waals surface area contributed by atoms with Gasteiger partial charge in [-0.2, -0.15) is 0 Å². The van der Waals surface area contributed by atoms with Gasteiger partial charge in [0.1, 0.15) is 0 Å². The molecular formula is C8H12N4O5. The van der Waals surface area contributed by atoms with Crippen molar-refractivity contribution >= 4 is 18.0 Å². The van der Waals surface area contributed by atoms with E-state index in [0.29, 0.717) is 14.7 Å². The van der Waals surface area contributed by atoms with Gasteiger partial charge in [-0.15, -0.1) is 0 Å². The van der Waals surface area contributed by atoms with Crippen molar-refractivity contribution in [3.8, 4) is 0 Å². The Bertz CT molecular complexity index is 440. The highest BCUT2D eigenvalue weighted by Crippen LogP contribution is 2.37. The minimum absolute atomic E-state index is 0.630. The number of likely N-dealkylation sites (N-methyl/N-ethyl adjacent to an activating group) is 3. The molecular weight excluding hydrogens is 232 g/mol. The van der Waals surface area contributed by atoms with E-state index in [2.05, 4.69) is 0 Å². The third kappa shape index (κ3) is 0.977. The lowest BCUT2D eigenvalue weighted by Crippen LogP contribution is -2.80. The van der Waals surface area contributed by atoms with E-state index in [0.717, 1.165) is 21.1 Å². The Labute approximate surface area is 96.2 Å². The van der Waals surface area contributed by atoms with Crippen LogP contribution in [-0.2, 0) is 4.79 Å². The molecule has 9 nitrogen and oxygen atoms in total. The molecule has 0 aromatic rings. The summed E-state index contributed by atoms with van der Waals surface area (Å²) >= 11 is 0. The van der Waals surface area contributed by atoms with E-state index in [1.807, 2.05) is 5.32 Å². The molecule has 0 bridgehead atoms. The summed E-state index contributed by atoms with van der Waals surface area (Å²) in [6, 6.07) is -1.70. The van der Waals surface area contributed by atoms with Gasteiger partial charge in [0.05, 0.1) is 0 Å². The molecule has 2 atom stereocenters. The Balaban J connectivity index is 2.64. The zero-order chi connectivity index (χ0) is 13.2. The lowest BCUT2D eigenvalue weighted by molar-refractivity contribution is -0.252. The Morgan fingerprint density at radius 3 is 2.12 bits per heavy atom. The van der Waals surface area contributed by atoms with Gasteiger partial charge in [0, 0.05) is 21.1 Å². The molecule has 0 saturated carbocycles. The molecule has 2 aliphatic heterocycles. The Hall–Kier alpha value is -1.87. The predicted molar refractivity (Wildman–Crippen MR) is 52.1 cm³/mol. The van der Waals surface area contributed by atoms with E-state index in [-0.39, 0.29) is 0 Å². The van der Waals surface area contributed by atoms with E-state index in [4.69, 9.17) is 0 Å². The van der Waals surface area contributed by atoms with Crippen LogP contribution in [-0.4, -0.2) is 75.6 Å². The van der Waals surface area contributed by atoms with Crippen molar-refractivity contribution in [3.63, 3.8) is 0 Å². The van der Waals surface area contributed by atoms with Gasteiger partial charge in [0.25, 0.3) is 17.5 Å². The molecule has 2 fully saturated rings. The second kappa shape index (κ2) is 2.87. The normalized spacial score (nSPS) is 37.5. The number of hydrogen-bond acceptors (Lipinski definition) is 5. The molecule has 2 rings (SSSR count). The quantitative estimate of drug-likeness (QED) is 0.436. The first-order valence-electron chi connectivity index (χ1n) is 4.74. The van der Waals surface area contributed by atoms with Crippen molar-refractivity contribution < 1.29 is 24.6 Å². The highest BCUT2D eigenvalue weighted by Gasteiger charge is 2.73. The zero-order valence-electron chi connectivity index (χ0n) is 9.46. The minimum Gasteiger partial charge on any atom is -0.358 e. The van der Waals surface area contributed by atoms with Crippen molar-refractivity contribution in [1.29, 1.82) is 0 Å². The number of imide groups is 1. The fourth-order valence-electron chi connectivity index (χ4n) is 2.00. The highest BCUT2D eigenvalue weighted by atomic mass is 16.4. The van der Waals surface area contributed by atoms with Crippen molar-refractivity contribution in [3.05, 3.63) is 0 Å². The van der Waals surface area contributed by atoms with E-state index in [1.54, 1.807) is 0 Å². The van der Waals surface area contributed by atoms with Gasteiger partial charge in [0.15, 0.2) is 0 Å². The lowest BCUT2D eigenvalue weighted by Gasteiger charge is -2.48. The number of aliphatic hydroxyl groups is 2. The van der Waals surface area contributed by atoms with Crippen LogP contribution in [0.1, 0.15) is 0 Å². The van der Waals surface area contributed by atoms with Crippen LogP contribution in [0.4, 0.5) is 9.59 Å². The molecule has 0 aromatic carbocycles. The van der Waals surface area contributed by atoms with Gasteiger partial charge < -0.3 is 10.2 Å². The summed E-state index contributed by atoms with van der Waals surface area (Å²) in [5.74, 6) is -3.55. The van der Waals surface area contributed by atoms with Crippen LogP contribution in [0.25, 0.3) is 0 Å². The topological polar surface area (TPSA) is 113 Å². The average molecular weight is 244 g/mol. The maximum atomic E-state index is 11.9. The van der Waals surface area contributed by atoms with Gasteiger partial charge in [-0.05, 0) is 0 Å². The first-order valence-corrected chi connectivity index (χ1v) is 4.74. The maximum Gasteiger partial charge on any atom is 0.330 e. The van der Waals surface area contributed by atoms with Gasteiger partial charge in [0.2, 0.25) is 0 Å². The predicted octanol–water partition coefficient (Wildman–Crippen LogP) is -2.50. The molecule has 0 aliphatic carbocycles. The summed E-state index contributed by atoms with van der Waals surface area (Å²) in [5.41, 5.74) is -2.54. The third-order valence-corrected chi connectivity index (χ3v) is 3.22. The summed E-state index contributed by atoms with van der Waals surface area (Å²) in [6.07, 6.45) is 0. The van der Waals surface area contributed by atoms with Crippen LogP contribution in [0.15, 0.2) is 0 Å². The minimum atomic E-state index is -2.54. The van der Waals surface area contributed by atoms with Crippen LogP contribution in [0, 0.1) is 0 Å². The molecule has 2 heterocycles. The van der Waals surface area contributed by atoms with Crippen molar-refractivity contribution in [2.24, 2.45) is 0 Å². The number of amides is 5. The zero-order valence-corrected chi connectivity index (χ0v) is 9.46. The van der Waals surface area contributed by atoms with E-state index < -0.39 is 29.5 Å². The Kier molecular flexibility index (Phi) is 1.96. The first kappa shape index (κ1) is 11.6. The van der Waals surface area contributed by atoms with Gasteiger partial charge >= 0.3 is 12.1 Å². The molecule has 17 heavy (non-hydrogen) atoms. The lowest BCUT2D eigenvalue weighted by atomic mass is 10.0. The fraction of sp³-hybridized carbons (Fsp3) is 0.625. The van der Waals surface area contributed by atoms with Crippen LogP contribution < -0.4 is 5.32 Å². The molecule has 2 aliphatic rings. The first-order chi connectivity index (χ1) is 7.68. The standard InChI is InChI=1S/C8H12N4O5/c1-10-4(13)7(16)8(17,12(3)6(10)15)9-5(14)11(7)2/h16-17H,1-3H3,(H,9,14). The van der Waals surface area contributed by atoms with Gasteiger partial charge in [-0.1, -0.05) is 0 Å². The number of rotatable bonds is 0. The van der Waals surface area contributed by atoms with E-state index in [1.165, 1.54) is 0 Å². The SMILES string of the molecule is CN1C(=O)N(C)C2(O)NC(=O)N(C)C2(O)C1=O.